The Morgan fingerprint density at radius 2 is 2.23 bits per heavy atom. The van der Waals surface area contributed by atoms with Gasteiger partial charge in [-0.05, 0) is 6.07 Å². The average Bonchev–Trinajstić information content (AvgIpc) is 2.17. The van der Waals surface area contributed by atoms with Gasteiger partial charge >= 0.3 is 0 Å². The van der Waals surface area contributed by atoms with Crippen LogP contribution in [0.2, 0.25) is 0 Å². The van der Waals surface area contributed by atoms with Crippen molar-refractivity contribution in [3.63, 3.8) is 0 Å². The van der Waals surface area contributed by atoms with Crippen molar-refractivity contribution in [1.82, 2.24) is 0 Å². The van der Waals surface area contributed by atoms with Gasteiger partial charge in [-0.2, -0.15) is 0 Å². The smallest absolute Gasteiger partial charge is 0.271 e. The van der Waals surface area contributed by atoms with Crippen molar-refractivity contribution >= 4 is 17.8 Å². The van der Waals surface area contributed by atoms with Gasteiger partial charge in [0.25, 0.3) is 5.69 Å². The molecule has 0 spiro atoms. The number of nitro benzene ring substituents is 1. The van der Waals surface area contributed by atoms with Gasteiger partial charge in [-0.15, -0.1) is 0 Å². The molecule has 1 aromatic rings. The number of amides is 1. The molecule has 5 heteroatoms. The lowest BCUT2D eigenvalue weighted by atomic mass is 10.3. The molecule has 68 valence electrons. The van der Waals surface area contributed by atoms with E-state index in [2.05, 4.69) is 0 Å². The second-order valence-corrected chi connectivity index (χ2v) is 2.49. The van der Waals surface area contributed by atoms with Gasteiger partial charge in [0.05, 0.1) is 4.92 Å². The summed E-state index contributed by atoms with van der Waals surface area (Å²) in [5.41, 5.74) is 0.482. The number of nitrogens with zero attached hydrogens (tertiary/aromatic N) is 2. The SMILES string of the molecule is CN(C=O)c1cccc([N+](=O)[O-])c1. The molecule has 0 bridgehead atoms. The summed E-state index contributed by atoms with van der Waals surface area (Å²) < 4.78 is 0. The first kappa shape index (κ1) is 9.18. The van der Waals surface area contributed by atoms with Gasteiger partial charge in [-0.1, -0.05) is 6.07 Å². The molecule has 0 aliphatic heterocycles. The Morgan fingerprint density at radius 1 is 1.54 bits per heavy atom. The van der Waals surface area contributed by atoms with Gasteiger partial charge in [0.1, 0.15) is 0 Å². The van der Waals surface area contributed by atoms with E-state index in [1.54, 1.807) is 6.07 Å². The Hall–Kier alpha value is -1.91. The number of hydrogen-bond donors (Lipinski definition) is 0. The summed E-state index contributed by atoms with van der Waals surface area (Å²) in [5, 5.41) is 10.4. The first-order chi connectivity index (χ1) is 6.15. The van der Waals surface area contributed by atoms with Gasteiger partial charge in [-0.25, -0.2) is 0 Å². The number of non-ortho nitro benzene ring substituents is 1. The molecule has 1 rings (SSSR count). The summed E-state index contributed by atoms with van der Waals surface area (Å²) in [6.45, 7) is 0. The molecule has 0 unspecified atom stereocenters. The molecule has 0 aliphatic rings. The van der Waals surface area contributed by atoms with Crippen molar-refractivity contribution < 1.29 is 9.72 Å². The fraction of sp³-hybridized carbons (Fsp3) is 0.125. The number of hydrogen-bond acceptors (Lipinski definition) is 3. The Bertz CT molecular complexity index is 338. The molecule has 0 atom stereocenters. The highest BCUT2D eigenvalue weighted by atomic mass is 16.6. The van der Waals surface area contributed by atoms with Crippen LogP contribution in [0.3, 0.4) is 0 Å². The van der Waals surface area contributed by atoms with Gasteiger partial charge in [0.2, 0.25) is 6.41 Å². The number of rotatable bonds is 3. The normalized spacial score (nSPS) is 9.31. The van der Waals surface area contributed by atoms with E-state index in [1.165, 1.54) is 30.1 Å². The van der Waals surface area contributed by atoms with Crippen LogP contribution < -0.4 is 4.90 Å². The van der Waals surface area contributed by atoms with Crippen molar-refractivity contribution in [2.45, 2.75) is 0 Å². The lowest BCUT2D eigenvalue weighted by Crippen LogP contribution is -2.13. The molecule has 5 nitrogen and oxygen atoms in total. The third-order valence-corrected chi connectivity index (χ3v) is 1.61. The molecule has 0 N–H and O–H groups in total. The predicted octanol–water partition coefficient (Wildman–Crippen LogP) is 1.19. The van der Waals surface area contributed by atoms with E-state index in [4.69, 9.17) is 0 Å². The lowest BCUT2D eigenvalue weighted by Gasteiger charge is -2.08. The zero-order valence-corrected chi connectivity index (χ0v) is 7.01. The maximum Gasteiger partial charge on any atom is 0.271 e. The topological polar surface area (TPSA) is 63.5 Å². The average molecular weight is 180 g/mol. The van der Waals surface area contributed by atoms with E-state index in [0.717, 1.165) is 0 Å². The molecule has 1 aromatic carbocycles. The maximum atomic E-state index is 10.4. The minimum absolute atomic E-state index is 0.0220. The van der Waals surface area contributed by atoms with Crippen molar-refractivity contribution in [2.24, 2.45) is 0 Å². The minimum atomic E-state index is -0.498. The van der Waals surface area contributed by atoms with Gasteiger partial charge in [0.15, 0.2) is 0 Å². The van der Waals surface area contributed by atoms with Crippen LogP contribution in [0.1, 0.15) is 0 Å². The van der Waals surface area contributed by atoms with Crippen LogP contribution in [0.25, 0.3) is 0 Å². The zero-order chi connectivity index (χ0) is 9.84. The largest absolute Gasteiger partial charge is 0.318 e. The van der Waals surface area contributed by atoms with Crippen molar-refractivity contribution in [1.29, 1.82) is 0 Å². The minimum Gasteiger partial charge on any atom is -0.318 e. The van der Waals surface area contributed by atoms with Gasteiger partial charge < -0.3 is 4.90 Å². The molecular weight excluding hydrogens is 172 g/mol. The molecule has 0 heterocycles. The Balaban J connectivity index is 3.04. The van der Waals surface area contributed by atoms with Crippen LogP contribution in [-0.2, 0) is 4.79 Å². The fourth-order valence-electron chi connectivity index (χ4n) is 0.887. The highest BCUT2D eigenvalue weighted by Gasteiger charge is 2.07. The summed E-state index contributed by atoms with van der Waals surface area (Å²) in [6, 6.07) is 5.88. The van der Waals surface area contributed by atoms with E-state index in [1.807, 2.05) is 0 Å². The number of nitro groups is 1. The molecule has 1 amide bonds. The van der Waals surface area contributed by atoms with Crippen molar-refractivity contribution in [3.05, 3.63) is 34.4 Å². The van der Waals surface area contributed by atoms with Crippen LogP contribution in [0, 0.1) is 10.1 Å². The third-order valence-electron chi connectivity index (χ3n) is 1.61. The first-order valence-electron chi connectivity index (χ1n) is 3.57. The molecule has 0 saturated heterocycles. The quantitative estimate of drug-likeness (QED) is 0.398. The van der Waals surface area contributed by atoms with Crippen LogP contribution in [-0.4, -0.2) is 18.4 Å². The van der Waals surface area contributed by atoms with E-state index in [-0.39, 0.29) is 5.69 Å². The maximum absolute atomic E-state index is 10.4. The molecule has 0 saturated carbocycles. The van der Waals surface area contributed by atoms with E-state index < -0.39 is 4.92 Å². The first-order valence-corrected chi connectivity index (χ1v) is 3.57. The fourth-order valence-corrected chi connectivity index (χ4v) is 0.887. The zero-order valence-electron chi connectivity index (χ0n) is 7.01. The van der Waals surface area contributed by atoms with Crippen LogP contribution in [0.4, 0.5) is 11.4 Å². The number of carbonyl (C=O) groups excluding carboxylic acids is 1. The van der Waals surface area contributed by atoms with E-state index >= 15 is 0 Å². The summed E-state index contributed by atoms with van der Waals surface area (Å²) in [7, 11) is 1.53. The molecule has 0 aliphatic carbocycles. The molecule has 13 heavy (non-hydrogen) atoms. The summed E-state index contributed by atoms with van der Waals surface area (Å²) >= 11 is 0. The predicted molar refractivity (Wildman–Crippen MR) is 47.6 cm³/mol. The highest BCUT2D eigenvalue weighted by Crippen LogP contribution is 2.18. The third kappa shape index (κ3) is 2.02. The number of anilines is 1. The second kappa shape index (κ2) is 3.66. The van der Waals surface area contributed by atoms with Gasteiger partial charge in [0, 0.05) is 24.9 Å². The lowest BCUT2D eigenvalue weighted by molar-refractivity contribution is -0.384. The summed E-state index contributed by atoms with van der Waals surface area (Å²) in [4.78, 5) is 21.5. The van der Waals surface area contributed by atoms with Crippen molar-refractivity contribution in [2.75, 3.05) is 11.9 Å². The Kier molecular flexibility index (Phi) is 2.59. The number of benzene rings is 1. The standard InChI is InChI=1S/C8H8N2O3/c1-9(6-11)7-3-2-4-8(5-7)10(12)13/h2-6H,1H3. The summed E-state index contributed by atoms with van der Waals surface area (Å²) in [5.74, 6) is 0. The Labute approximate surface area is 74.7 Å². The number of carbonyl (C=O) groups is 1. The van der Waals surface area contributed by atoms with Crippen LogP contribution in [0.15, 0.2) is 24.3 Å². The molecule has 0 radical (unpaired) electrons. The molecule has 0 aromatic heterocycles. The second-order valence-electron chi connectivity index (χ2n) is 2.49. The Morgan fingerprint density at radius 3 is 2.77 bits per heavy atom. The summed E-state index contributed by atoms with van der Waals surface area (Å²) in [6.07, 6.45) is 0.596. The van der Waals surface area contributed by atoms with E-state index in [0.29, 0.717) is 12.1 Å². The van der Waals surface area contributed by atoms with E-state index in [9.17, 15) is 14.9 Å². The van der Waals surface area contributed by atoms with Crippen molar-refractivity contribution in [3.8, 4) is 0 Å². The highest BCUT2D eigenvalue weighted by molar-refractivity contribution is 5.75. The van der Waals surface area contributed by atoms with Crippen LogP contribution in [0.5, 0.6) is 0 Å². The monoisotopic (exact) mass is 180 g/mol. The molecule has 0 fully saturated rings. The molecular formula is C8H8N2O3. The van der Waals surface area contributed by atoms with Crippen LogP contribution >= 0.6 is 0 Å². The van der Waals surface area contributed by atoms with Gasteiger partial charge in [-0.3, -0.25) is 14.9 Å².